The van der Waals surface area contributed by atoms with Gasteiger partial charge in [-0.3, -0.25) is 4.79 Å². The number of nitrogens with one attached hydrogen (secondary N) is 2. The third-order valence-electron chi connectivity index (χ3n) is 1.36. The Balaban J connectivity index is 4.39. The molecule has 0 heterocycles. The van der Waals surface area contributed by atoms with Gasteiger partial charge in [0.1, 0.15) is 6.04 Å². The Morgan fingerprint density at radius 3 is 2.57 bits per heavy atom. The molecule has 0 rings (SSSR count). The summed E-state index contributed by atoms with van der Waals surface area (Å²) in [6.45, 7) is 1.39. The fourth-order valence-corrected chi connectivity index (χ4v) is 0.517. The molecule has 0 aliphatic heterocycles. The number of hydrogen-bond donors (Lipinski definition) is 3. The van der Waals surface area contributed by atoms with E-state index in [2.05, 4.69) is 15.2 Å². The van der Waals surface area contributed by atoms with Crippen LogP contribution >= 0.6 is 0 Å². The molecule has 0 aromatic heterocycles. The molecule has 0 amide bonds. The van der Waals surface area contributed by atoms with Gasteiger partial charge in [-0.05, 0) is 6.92 Å². The summed E-state index contributed by atoms with van der Waals surface area (Å²) in [5, 5.41) is 13.7. The maximum Gasteiger partial charge on any atom is 0.360 e. The van der Waals surface area contributed by atoms with Crippen LogP contribution in [0.3, 0.4) is 0 Å². The van der Waals surface area contributed by atoms with Crippen LogP contribution in [0.1, 0.15) is 6.92 Å². The Kier molecular flexibility index (Phi) is 4.90. The largest absolute Gasteiger partial charge is 0.480 e. The van der Waals surface area contributed by atoms with Crippen LogP contribution in [0.15, 0.2) is 17.0 Å². The zero-order valence-electron chi connectivity index (χ0n) is 7.77. The van der Waals surface area contributed by atoms with Gasteiger partial charge < -0.3 is 15.2 Å². The van der Waals surface area contributed by atoms with Gasteiger partial charge in [0.2, 0.25) is 0 Å². The van der Waals surface area contributed by atoms with Crippen LogP contribution in [-0.2, 0) is 14.3 Å². The number of ether oxygens (including phenoxy) is 1. The van der Waals surface area contributed by atoms with E-state index in [0.717, 1.165) is 13.3 Å². The van der Waals surface area contributed by atoms with Crippen molar-refractivity contribution >= 4 is 11.9 Å². The van der Waals surface area contributed by atoms with E-state index in [1.165, 1.54) is 6.92 Å². The number of rotatable bonds is 5. The number of carboxylic acids is 1. The van der Waals surface area contributed by atoms with Crippen LogP contribution in [0.25, 0.3) is 0 Å². The molecule has 14 heavy (non-hydrogen) atoms. The first-order valence-corrected chi connectivity index (χ1v) is 3.67. The zero-order valence-corrected chi connectivity index (χ0v) is 7.77. The highest BCUT2D eigenvalue weighted by molar-refractivity contribution is 5.87. The lowest BCUT2D eigenvalue weighted by Gasteiger charge is -2.05. The van der Waals surface area contributed by atoms with Gasteiger partial charge in [-0.15, -0.1) is 5.11 Å². The minimum Gasteiger partial charge on any atom is -0.480 e. The van der Waals surface area contributed by atoms with Gasteiger partial charge in [-0.2, -0.15) is 0 Å². The van der Waals surface area contributed by atoms with Crippen molar-refractivity contribution in [3.8, 4) is 0 Å². The summed E-state index contributed by atoms with van der Waals surface area (Å²) in [6, 6.07) is -0.864. The van der Waals surface area contributed by atoms with Gasteiger partial charge in [0.25, 0.3) is 0 Å². The molecule has 3 N–H and O–H groups in total. The molecule has 7 heteroatoms. The maximum absolute atomic E-state index is 10.8. The van der Waals surface area contributed by atoms with E-state index in [1.807, 2.05) is 0 Å². The summed E-state index contributed by atoms with van der Waals surface area (Å²) in [7, 11) is 1.14. The molecular weight excluding hydrogens is 190 g/mol. The molecule has 0 spiro atoms. The smallest absolute Gasteiger partial charge is 0.360 e. The third kappa shape index (κ3) is 3.65. The fraction of sp³-hybridized carbons (Fsp3) is 0.429. The molecule has 0 bridgehead atoms. The molecule has 0 radical (unpaired) electrons. The highest BCUT2D eigenvalue weighted by atomic mass is 16.5. The lowest BCUT2D eigenvalue weighted by Crippen LogP contribution is -2.30. The molecule has 0 fully saturated rings. The normalized spacial score (nSPS) is 12.9. The Bertz CT molecular complexity index is 274. The minimum atomic E-state index is -1.07. The van der Waals surface area contributed by atoms with Gasteiger partial charge in [0.15, 0.2) is 5.70 Å². The van der Waals surface area contributed by atoms with Gasteiger partial charge in [-0.1, -0.05) is 0 Å². The average molecular weight is 201 g/mol. The van der Waals surface area contributed by atoms with Gasteiger partial charge in [0, 0.05) is 6.20 Å². The van der Waals surface area contributed by atoms with Crippen molar-refractivity contribution < 1.29 is 19.4 Å². The van der Waals surface area contributed by atoms with Crippen molar-refractivity contribution in [1.82, 2.24) is 5.32 Å². The van der Waals surface area contributed by atoms with Crippen molar-refractivity contribution in [3.63, 3.8) is 0 Å². The Morgan fingerprint density at radius 1 is 1.64 bits per heavy atom. The van der Waals surface area contributed by atoms with Crippen molar-refractivity contribution in [2.45, 2.75) is 13.0 Å². The summed E-state index contributed by atoms with van der Waals surface area (Å²) in [5.74, 6) is -1.87. The van der Waals surface area contributed by atoms with Crippen molar-refractivity contribution in [1.29, 1.82) is 5.53 Å². The van der Waals surface area contributed by atoms with E-state index >= 15 is 0 Å². The molecule has 0 saturated heterocycles. The average Bonchev–Trinajstić information content (AvgIpc) is 2.17. The highest BCUT2D eigenvalue weighted by Crippen LogP contribution is 1.97. The van der Waals surface area contributed by atoms with Crippen molar-refractivity contribution in [2.75, 3.05) is 7.11 Å². The number of hydrogen-bond acceptors (Lipinski definition) is 6. The number of carboxylic acid groups (broad SMARTS) is 1. The van der Waals surface area contributed by atoms with E-state index < -0.39 is 18.0 Å². The number of nitrogens with zero attached hydrogens (tertiary/aromatic N) is 1. The second kappa shape index (κ2) is 5.68. The third-order valence-corrected chi connectivity index (χ3v) is 1.36. The topological polar surface area (TPSA) is 112 Å². The lowest BCUT2D eigenvalue weighted by molar-refractivity contribution is -0.139. The quantitative estimate of drug-likeness (QED) is 0.331. The summed E-state index contributed by atoms with van der Waals surface area (Å²) in [5.41, 5.74) is 6.32. The molecule has 1 atom stereocenters. The first-order chi connectivity index (χ1) is 6.52. The molecule has 0 aliphatic rings. The number of carbonyl (C=O) groups excluding carboxylic acids is 1. The summed E-state index contributed by atoms with van der Waals surface area (Å²) in [4.78, 5) is 21.2. The molecule has 1 unspecified atom stereocenters. The second-order valence-corrected chi connectivity index (χ2v) is 2.36. The SMILES string of the molecule is COC(=O)/C(=C/NC(C)C(=O)O)N=N. The van der Waals surface area contributed by atoms with Crippen LogP contribution in [0, 0.1) is 5.53 Å². The van der Waals surface area contributed by atoms with Crippen LogP contribution in [0.4, 0.5) is 0 Å². The second-order valence-electron chi connectivity index (χ2n) is 2.36. The lowest BCUT2D eigenvalue weighted by atomic mass is 10.3. The summed E-state index contributed by atoms with van der Waals surface area (Å²) >= 11 is 0. The van der Waals surface area contributed by atoms with E-state index in [9.17, 15) is 9.59 Å². The Labute approximate surface area is 80.3 Å². The Morgan fingerprint density at radius 2 is 2.21 bits per heavy atom. The molecule has 0 saturated carbocycles. The van der Waals surface area contributed by atoms with E-state index in [1.54, 1.807) is 0 Å². The summed E-state index contributed by atoms with van der Waals surface area (Å²) in [6.07, 6.45) is 1.03. The van der Waals surface area contributed by atoms with Crippen LogP contribution in [0.5, 0.6) is 0 Å². The van der Waals surface area contributed by atoms with E-state index in [0.29, 0.717) is 0 Å². The minimum absolute atomic E-state index is 0.291. The standard InChI is InChI=1S/C7H11N3O4/c1-4(6(11)12)9-3-5(10-8)7(13)14-2/h3-4,8-9H,1-2H3,(H,11,12)/b5-3-,10-8?. The van der Waals surface area contributed by atoms with Crippen molar-refractivity contribution in [3.05, 3.63) is 11.9 Å². The molecule has 0 aliphatic carbocycles. The zero-order chi connectivity index (χ0) is 11.1. The first kappa shape index (κ1) is 12.1. The molecule has 78 valence electrons. The molecule has 0 aromatic rings. The summed E-state index contributed by atoms with van der Waals surface area (Å²) < 4.78 is 4.29. The number of methoxy groups -OCH3 is 1. The van der Waals surface area contributed by atoms with Crippen LogP contribution < -0.4 is 5.32 Å². The predicted molar refractivity (Wildman–Crippen MR) is 45.5 cm³/mol. The molecular formula is C7H11N3O4. The van der Waals surface area contributed by atoms with Gasteiger partial charge >= 0.3 is 11.9 Å². The van der Waals surface area contributed by atoms with Crippen LogP contribution in [-0.4, -0.2) is 30.2 Å². The van der Waals surface area contributed by atoms with Crippen LogP contribution in [0.2, 0.25) is 0 Å². The highest BCUT2D eigenvalue weighted by Gasteiger charge is 2.11. The maximum atomic E-state index is 10.8. The molecule has 0 aromatic carbocycles. The Hall–Kier alpha value is -1.92. The van der Waals surface area contributed by atoms with Crippen molar-refractivity contribution in [2.24, 2.45) is 5.11 Å². The fourth-order valence-electron chi connectivity index (χ4n) is 0.517. The molecule has 7 nitrogen and oxygen atoms in total. The number of carbonyl (C=O) groups is 2. The first-order valence-electron chi connectivity index (χ1n) is 3.67. The number of aliphatic carboxylic acids is 1. The monoisotopic (exact) mass is 201 g/mol. The number of esters is 1. The van der Waals surface area contributed by atoms with Gasteiger partial charge in [-0.25, -0.2) is 10.3 Å². The van der Waals surface area contributed by atoms with E-state index in [4.69, 9.17) is 10.6 Å². The van der Waals surface area contributed by atoms with E-state index in [-0.39, 0.29) is 5.70 Å². The predicted octanol–water partition coefficient (Wildman–Crippen LogP) is 0.0945. The van der Waals surface area contributed by atoms with Gasteiger partial charge in [0.05, 0.1) is 7.11 Å².